The first-order valence-corrected chi connectivity index (χ1v) is 9.57. The highest BCUT2D eigenvalue weighted by atomic mass is 35.5. The first-order valence-electron chi connectivity index (χ1n) is 9.19. The van der Waals surface area contributed by atoms with E-state index in [1.54, 1.807) is 12.1 Å². The van der Waals surface area contributed by atoms with Gasteiger partial charge in [0.25, 0.3) is 0 Å². The molecule has 0 saturated heterocycles. The maximum Gasteiger partial charge on any atom is 0.311 e. The standard InChI is InChI=1S/C20H31ClO2/c1-2-3-4-5-6-7-8-9-10-11-12-17-20(22)23-19-16-14-13-15-18(19)21/h13-16H,2-12,17H2,1H3. The molecule has 23 heavy (non-hydrogen) atoms. The molecule has 1 aromatic carbocycles. The largest absolute Gasteiger partial charge is 0.425 e. The van der Waals surface area contributed by atoms with Crippen molar-refractivity contribution >= 4 is 17.6 Å². The van der Waals surface area contributed by atoms with Gasteiger partial charge in [0.05, 0.1) is 5.02 Å². The van der Waals surface area contributed by atoms with Gasteiger partial charge in [-0.15, -0.1) is 0 Å². The monoisotopic (exact) mass is 338 g/mol. The second-order valence-corrected chi connectivity index (χ2v) is 6.60. The third-order valence-electron chi connectivity index (χ3n) is 4.04. The number of unbranched alkanes of at least 4 members (excludes halogenated alkanes) is 10. The zero-order valence-corrected chi connectivity index (χ0v) is 15.2. The van der Waals surface area contributed by atoms with E-state index in [1.165, 1.54) is 57.8 Å². The van der Waals surface area contributed by atoms with Gasteiger partial charge in [0, 0.05) is 6.42 Å². The number of ether oxygens (including phenoxy) is 1. The zero-order chi connectivity index (χ0) is 16.8. The molecule has 130 valence electrons. The molecule has 0 N–H and O–H groups in total. The van der Waals surface area contributed by atoms with Gasteiger partial charge < -0.3 is 4.74 Å². The molecule has 0 amide bonds. The molecule has 0 spiro atoms. The molecule has 0 heterocycles. The van der Waals surface area contributed by atoms with Crippen molar-refractivity contribution in [2.45, 2.75) is 84.0 Å². The summed E-state index contributed by atoms with van der Waals surface area (Å²) in [5.74, 6) is 0.274. The van der Waals surface area contributed by atoms with Gasteiger partial charge in [0.2, 0.25) is 0 Å². The Morgan fingerprint density at radius 2 is 1.39 bits per heavy atom. The van der Waals surface area contributed by atoms with E-state index in [2.05, 4.69) is 6.92 Å². The van der Waals surface area contributed by atoms with Gasteiger partial charge in [-0.1, -0.05) is 94.9 Å². The lowest BCUT2D eigenvalue weighted by molar-refractivity contribution is -0.134. The fourth-order valence-electron chi connectivity index (χ4n) is 2.63. The molecular formula is C20H31ClO2. The van der Waals surface area contributed by atoms with E-state index in [4.69, 9.17) is 16.3 Å². The van der Waals surface area contributed by atoms with E-state index in [0.29, 0.717) is 17.2 Å². The lowest BCUT2D eigenvalue weighted by Crippen LogP contribution is -2.07. The van der Waals surface area contributed by atoms with Crippen molar-refractivity contribution in [3.05, 3.63) is 29.3 Å². The molecule has 0 bridgehead atoms. The Morgan fingerprint density at radius 3 is 1.96 bits per heavy atom. The molecule has 0 unspecified atom stereocenters. The molecule has 0 aliphatic rings. The predicted octanol–water partition coefficient (Wildman–Crippen LogP) is 6.95. The summed E-state index contributed by atoms with van der Waals surface area (Å²) in [6, 6.07) is 7.09. The van der Waals surface area contributed by atoms with E-state index < -0.39 is 0 Å². The molecule has 0 atom stereocenters. The van der Waals surface area contributed by atoms with Crippen molar-refractivity contribution in [3.8, 4) is 5.75 Å². The quantitative estimate of drug-likeness (QED) is 0.221. The van der Waals surface area contributed by atoms with Gasteiger partial charge in [-0.2, -0.15) is 0 Å². The first-order chi connectivity index (χ1) is 11.2. The number of para-hydroxylation sites is 1. The second kappa shape index (κ2) is 13.4. The molecular weight excluding hydrogens is 308 g/mol. The number of hydrogen-bond acceptors (Lipinski definition) is 2. The van der Waals surface area contributed by atoms with Crippen molar-refractivity contribution in [1.82, 2.24) is 0 Å². The number of rotatable bonds is 13. The molecule has 0 aromatic heterocycles. The van der Waals surface area contributed by atoms with Crippen molar-refractivity contribution in [3.63, 3.8) is 0 Å². The van der Waals surface area contributed by atoms with Crippen molar-refractivity contribution in [1.29, 1.82) is 0 Å². The number of carbonyl (C=O) groups is 1. The summed E-state index contributed by atoms with van der Waals surface area (Å²) in [7, 11) is 0. The van der Waals surface area contributed by atoms with Crippen LogP contribution in [-0.4, -0.2) is 5.97 Å². The fourth-order valence-corrected chi connectivity index (χ4v) is 2.81. The Bertz CT molecular complexity index is 431. The van der Waals surface area contributed by atoms with Crippen LogP contribution in [0.15, 0.2) is 24.3 Å². The Morgan fingerprint density at radius 1 is 0.870 bits per heavy atom. The Hall–Kier alpha value is -1.02. The highest BCUT2D eigenvalue weighted by Gasteiger charge is 2.07. The smallest absolute Gasteiger partial charge is 0.311 e. The van der Waals surface area contributed by atoms with E-state index in [0.717, 1.165) is 12.8 Å². The lowest BCUT2D eigenvalue weighted by Gasteiger charge is -2.06. The SMILES string of the molecule is CCCCCCCCCCCCCC(=O)Oc1ccccc1Cl. The maximum absolute atomic E-state index is 11.7. The summed E-state index contributed by atoms with van der Waals surface area (Å²) in [6.07, 6.45) is 14.5. The van der Waals surface area contributed by atoms with Crippen LogP contribution in [0.1, 0.15) is 84.0 Å². The summed E-state index contributed by atoms with van der Waals surface area (Å²) >= 11 is 5.96. The Labute approximate surface area is 146 Å². The average Bonchev–Trinajstić information content (AvgIpc) is 2.55. The predicted molar refractivity (Wildman–Crippen MR) is 98.2 cm³/mol. The van der Waals surface area contributed by atoms with E-state index >= 15 is 0 Å². The topological polar surface area (TPSA) is 26.3 Å². The third-order valence-corrected chi connectivity index (χ3v) is 4.36. The minimum atomic E-state index is -0.186. The minimum absolute atomic E-state index is 0.186. The van der Waals surface area contributed by atoms with Gasteiger partial charge in [0.15, 0.2) is 0 Å². The van der Waals surface area contributed by atoms with Crippen molar-refractivity contribution in [2.24, 2.45) is 0 Å². The number of halogens is 1. The van der Waals surface area contributed by atoms with Crippen LogP contribution in [0.4, 0.5) is 0 Å². The van der Waals surface area contributed by atoms with Gasteiger partial charge in [-0.25, -0.2) is 0 Å². The van der Waals surface area contributed by atoms with Crippen molar-refractivity contribution in [2.75, 3.05) is 0 Å². The highest BCUT2D eigenvalue weighted by Crippen LogP contribution is 2.23. The van der Waals surface area contributed by atoms with Crippen LogP contribution < -0.4 is 4.74 Å². The molecule has 0 aliphatic heterocycles. The summed E-state index contributed by atoms with van der Waals surface area (Å²) in [5.41, 5.74) is 0. The van der Waals surface area contributed by atoms with E-state index in [1.807, 2.05) is 12.1 Å². The maximum atomic E-state index is 11.7. The van der Waals surface area contributed by atoms with Gasteiger partial charge in [0.1, 0.15) is 5.75 Å². The van der Waals surface area contributed by atoms with Gasteiger partial charge in [-0.3, -0.25) is 4.79 Å². The molecule has 0 radical (unpaired) electrons. The van der Waals surface area contributed by atoms with Crippen LogP contribution in [0.2, 0.25) is 5.02 Å². The van der Waals surface area contributed by atoms with Crippen LogP contribution >= 0.6 is 11.6 Å². The average molecular weight is 339 g/mol. The van der Waals surface area contributed by atoms with Gasteiger partial charge in [-0.05, 0) is 18.6 Å². The van der Waals surface area contributed by atoms with E-state index in [9.17, 15) is 4.79 Å². The molecule has 1 rings (SSSR count). The second-order valence-electron chi connectivity index (χ2n) is 6.19. The van der Waals surface area contributed by atoms with Crippen LogP contribution in [0.25, 0.3) is 0 Å². The molecule has 3 heteroatoms. The Balaban J connectivity index is 1.93. The molecule has 1 aromatic rings. The molecule has 0 fully saturated rings. The number of carbonyl (C=O) groups excluding carboxylic acids is 1. The molecule has 0 aliphatic carbocycles. The third kappa shape index (κ3) is 10.4. The number of esters is 1. The minimum Gasteiger partial charge on any atom is -0.425 e. The van der Waals surface area contributed by atoms with E-state index in [-0.39, 0.29) is 5.97 Å². The van der Waals surface area contributed by atoms with Crippen LogP contribution in [0.3, 0.4) is 0 Å². The molecule has 2 nitrogen and oxygen atoms in total. The van der Waals surface area contributed by atoms with Gasteiger partial charge >= 0.3 is 5.97 Å². The first kappa shape index (κ1) is 20.0. The van der Waals surface area contributed by atoms with Crippen LogP contribution in [-0.2, 0) is 4.79 Å². The normalized spacial score (nSPS) is 10.7. The van der Waals surface area contributed by atoms with Crippen molar-refractivity contribution < 1.29 is 9.53 Å². The lowest BCUT2D eigenvalue weighted by atomic mass is 10.1. The Kier molecular flexibility index (Phi) is 11.7. The van der Waals surface area contributed by atoms with Crippen LogP contribution in [0, 0.1) is 0 Å². The number of hydrogen-bond donors (Lipinski definition) is 0. The summed E-state index contributed by atoms with van der Waals surface area (Å²) in [4.78, 5) is 11.7. The number of benzene rings is 1. The highest BCUT2D eigenvalue weighted by molar-refractivity contribution is 6.32. The summed E-state index contributed by atoms with van der Waals surface area (Å²) in [6.45, 7) is 2.25. The van der Waals surface area contributed by atoms with Crippen LogP contribution in [0.5, 0.6) is 5.75 Å². The summed E-state index contributed by atoms with van der Waals surface area (Å²) in [5, 5.41) is 0.486. The zero-order valence-electron chi connectivity index (χ0n) is 14.5. The fraction of sp³-hybridized carbons (Fsp3) is 0.650. The summed E-state index contributed by atoms with van der Waals surface area (Å²) < 4.78 is 5.27. The molecule has 0 saturated carbocycles.